The zero-order valence-corrected chi connectivity index (χ0v) is 20.9. The maximum atomic E-state index is 13.0. The fourth-order valence-electron chi connectivity index (χ4n) is 5.88. The average molecular weight is 505 g/mol. The number of aromatic nitrogens is 1. The van der Waals surface area contributed by atoms with Crippen LogP contribution in [0.4, 0.5) is 0 Å². The van der Waals surface area contributed by atoms with Crippen LogP contribution in [0.1, 0.15) is 52.2 Å². The van der Waals surface area contributed by atoms with Crippen LogP contribution < -0.4 is 10.2 Å². The summed E-state index contributed by atoms with van der Waals surface area (Å²) >= 11 is 0. The molecule has 0 spiro atoms. The molecule has 2 aliphatic heterocycles. The molecule has 7 heteroatoms. The smallest absolute Gasteiger partial charge is 0.314 e. The first-order valence-corrected chi connectivity index (χ1v) is 13.3. The number of H-pyrrole nitrogens is 1. The van der Waals surface area contributed by atoms with Crippen molar-refractivity contribution in [3.8, 4) is 17.0 Å². The second-order valence-electron chi connectivity index (χ2n) is 10.5. The van der Waals surface area contributed by atoms with E-state index in [0.717, 1.165) is 59.3 Å². The van der Waals surface area contributed by atoms with Gasteiger partial charge in [0.25, 0.3) is 5.91 Å². The van der Waals surface area contributed by atoms with Gasteiger partial charge in [-0.05, 0) is 67.1 Å². The number of hydrogen-bond donors (Lipinski definition) is 2. The molecule has 0 radical (unpaired) electrons. The SMILES string of the molecule is O=C1NN=Cc2c(-c3cccc(CN4CCCC4)c3)[nH]c3cc(OC(=O)[C@@H]4C[C@H]4c4ccccc4)cc1c23. The van der Waals surface area contributed by atoms with Crippen LogP contribution in [0, 0.1) is 5.92 Å². The molecule has 38 heavy (non-hydrogen) atoms. The van der Waals surface area contributed by atoms with Crippen molar-refractivity contribution in [1.29, 1.82) is 0 Å². The predicted octanol–water partition coefficient (Wildman–Crippen LogP) is 5.22. The number of benzene rings is 3. The third-order valence-electron chi connectivity index (χ3n) is 7.87. The van der Waals surface area contributed by atoms with Crippen molar-refractivity contribution in [2.24, 2.45) is 11.0 Å². The van der Waals surface area contributed by atoms with Gasteiger partial charge in [0.05, 0.1) is 28.9 Å². The second kappa shape index (κ2) is 9.26. The summed E-state index contributed by atoms with van der Waals surface area (Å²) in [5.41, 5.74) is 8.92. The lowest BCUT2D eigenvalue weighted by molar-refractivity contribution is -0.135. The highest BCUT2D eigenvalue weighted by atomic mass is 16.5. The van der Waals surface area contributed by atoms with Crippen LogP contribution in [-0.4, -0.2) is 41.1 Å². The van der Waals surface area contributed by atoms with E-state index in [2.05, 4.69) is 44.7 Å². The summed E-state index contributed by atoms with van der Waals surface area (Å²) in [6, 6.07) is 22.0. The maximum Gasteiger partial charge on any atom is 0.314 e. The minimum Gasteiger partial charge on any atom is -0.426 e. The number of likely N-dealkylation sites (tertiary alicyclic amines) is 1. The molecule has 1 saturated heterocycles. The predicted molar refractivity (Wildman–Crippen MR) is 146 cm³/mol. The minimum absolute atomic E-state index is 0.169. The Bertz CT molecular complexity index is 1580. The molecule has 7 rings (SSSR count). The molecular weight excluding hydrogens is 476 g/mol. The van der Waals surface area contributed by atoms with Gasteiger partial charge in [0.2, 0.25) is 0 Å². The van der Waals surface area contributed by atoms with Crippen LogP contribution in [0.25, 0.3) is 22.2 Å². The number of rotatable bonds is 6. The standard InChI is InChI=1S/C31H28N4O3/c36-30-25-14-22(38-31(37)24-16-23(24)20-8-2-1-3-9-20)15-27-28(25)26(17-32-34-30)29(33-27)21-10-6-7-19(13-21)18-35-11-4-5-12-35/h1-3,6-10,13-15,17,23-24,33H,4-5,11-12,16,18H2,(H,34,36)/t23-,24+/m0/s1. The normalized spacial score (nSPS) is 20.4. The van der Waals surface area contributed by atoms with E-state index < -0.39 is 0 Å². The summed E-state index contributed by atoms with van der Waals surface area (Å²) in [6.07, 6.45) is 4.98. The lowest BCUT2D eigenvalue weighted by Crippen LogP contribution is -2.18. The molecule has 3 aliphatic rings. The van der Waals surface area contributed by atoms with Crippen molar-refractivity contribution in [2.45, 2.75) is 31.7 Å². The van der Waals surface area contributed by atoms with Gasteiger partial charge in [-0.2, -0.15) is 5.10 Å². The van der Waals surface area contributed by atoms with Crippen LogP contribution in [-0.2, 0) is 11.3 Å². The lowest BCUT2D eigenvalue weighted by atomic mass is 10.0. The van der Waals surface area contributed by atoms with Crippen molar-refractivity contribution < 1.29 is 14.3 Å². The Hall–Kier alpha value is -4.23. The summed E-state index contributed by atoms with van der Waals surface area (Å²) in [5.74, 6) is -0.225. The topological polar surface area (TPSA) is 86.8 Å². The highest BCUT2D eigenvalue weighted by Crippen LogP contribution is 2.48. The molecule has 2 fully saturated rings. The fraction of sp³-hybridized carbons (Fsp3) is 0.258. The number of carbonyl (C=O) groups is 2. The van der Waals surface area contributed by atoms with Crippen molar-refractivity contribution in [3.05, 3.63) is 89.0 Å². The van der Waals surface area contributed by atoms with E-state index in [0.29, 0.717) is 11.3 Å². The molecule has 190 valence electrons. The molecule has 0 bridgehead atoms. The molecule has 1 saturated carbocycles. The Morgan fingerprint density at radius 2 is 1.87 bits per heavy atom. The zero-order valence-electron chi connectivity index (χ0n) is 20.9. The summed E-state index contributed by atoms with van der Waals surface area (Å²) < 4.78 is 5.82. The molecule has 1 amide bonds. The molecule has 1 aliphatic carbocycles. The Balaban J connectivity index is 1.21. The number of hydrogen-bond acceptors (Lipinski definition) is 5. The second-order valence-corrected chi connectivity index (χ2v) is 10.5. The first-order chi connectivity index (χ1) is 18.6. The summed E-state index contributed by atoms with van der Waals surface area (Å²) in [6.45, 7) is 3.20. The average Bonchev–Trinajstić information content (AvgIpc) is 3.49. The molecule has 3 aromatic carbocycles. The van der Waals surface area contributed by atoms with Crippen molar-refractivity contribution in [1.82, 2.24) is 15.3 Å². The molecule has 3 heterocycles. The molecule has 0 unspecified atom stereocenters. The number of hydrazone groups is 1. The van der Waals surface area contributed by atoms with Crippen molar-refractivity contribution in [2.75, 3.05) is 13.1 Å². The summed E-state index contributed by atoms with van der Waals surface area (Å²) in [5, 5.41) is 4.94. The fourth-order valence-corrected chi connectivity index (χ4v) is 5.88. The molecule has 2 atom stereocenters. The largest absolute Gasteiger partial charge is 0.426 e. The van der Waals surface area contributed by atoms with Gasteiger partial charge in [0.15, 0.2) is 0 Å². The van der Waals surface area contributed by atoms with Crippen LogP contribution >= 0.6 is 0 Å². The van der Waals surface area contributed by atoms with Crippen LogP contribution in [0.5, 0.6) is 5.75 Å². The number of nitrogens with one attached hydrogen (secondary N) is 2. The van der Waals surface area contributed by atoms with Gasteiger partial charge in [0, 0.05) is 23.6 Å². The van der Waals surface area contributed by atoms with Crippen LogP contribution in [0.15, 0.2) is 71.8 Å². The number of aromatic amines is 1. The van der Waals surface area contributed by atoms with E-state index >= 15 is 0 Å². The van der Waals surface area contributed by atoms with E-state index in [-0.39, 0.29) is 23.7 Å². The van der Waals surface area contributed by atoms with Crippen molar-refractivity contribution in [3.63, 3.8) is 0 Å². The third-order valence-corrected chi connectivity index (χ3v) is 7.87. The number of amides is 1. The van der Waals surface area contributed by atoms with E-state index in [1.54, 1.807) is 12.3 Å². The number of nitrogens with zero attached hydrogens (tertiary/aromatic N) is 2. The molecule has 7 nitrogen and oxygen atoms in total. The van der Waals surface area contributed by atoms with Gasteiger partial charge in [-0.25, -0.2) is 5.43 Å². The maximum absolute atomic E-state index is 13.0. The Morgan fingerprint density at radius 3 is 2.71 bits per heavy atom. The first kappa shape index (κ1) is 22.9. The van der Waals surface area contributed by atoms with Crippen LogP contribution in [0.3, 0.4) is 0 Å². The quantitative estimate of drug-likeness (QED) is 0.279. The molecule has 1 aromatic heterocycles. The van der Waals surface area contributed by atoms with Gasteiger partial charge in [0.1, 0.15) is 5.75 Å². The molecular formula is C31H28N4O3. The van der Waals surface area contributed by atoms with Gasteiger partial charge in [-0.15, -0.1) is 0 Å². The van der Waals surface area contributed by atoms with Crippen molar-refractivity contribution >= 4 is 29.0 Å². The first-order valence-electron chi connectivity index (χ1n) is 13.3. The zero-order chi connectivity index (χ0) is 25.6. The monoisotopic (exact) mass is 504 g/mol. The van der Waals surface area contributed by atoms with Crippen LogP contribution in [0.2, 0.25) is 0 Å². The molecule has 4 aromatic rings. The Labute approximate surface area is 220 Å². The number of carbonyl (C=O) groups excluding carboxylic acids is 2. The van der Waals surface area contributed by atoms with E-state index in [1.807, 2.05) is 36.4 Å². The van der Waals surface area contributed by atoms with E-state index in [9.17, 15) is 9.59 Å². The lowest BCUT2D eigenvalue weighted by Gasteiger charge is -2.15. The van der Waals surface area contributed by atoms with E-state index in [1.165, 1.54) is 18.4 Å². The number of esters is 1. The highest BCUT2D eigenvalue weighted by molar-refractivity contribution is 6.17. The van der Waals surface area contributed by atoms with E-state index in [4.69, 9.17) is 4.74 Å². The number of ether oxygens (including phenoxy) is 1. The highest BCUT2D eigenvalue weighted by Gasteiger charge is 2.45. The minimum atomic E-state index is -0.329. The Morgan fingerprint density at radius 1 is 1.03 bits per heavy atom. The van der Waals surface area contributed by atoms with Gasteiger partial charge >= 0.3 is 5.97 Å². The summed E-state index contributed by atoms with van der Waals surface area (Å²) in [7, 11) is 0. The molecule has 2 N–H and O–H groups in total. The van der Waals surface area contributed by atoms with Gasteiger partial charge in [-0.3, -0.25) is 14.5 Å². The van der Waals surface area contributed by atoms with Gasteiger partial charge < -0.3 is 9.72 Å². The van der Waals surface area contributed by atoms with Gasteiger partial charge in [-0.1, -0.05) is 48.5 Å². The Kier molecular flexibility index (Phi) is 5.59. The third kappa shape index (κ3) is 4.19. The summed E-state index contributed by atoms with van der Waals surface area (Å²) in [4.78, 5) is 31.9.